The zero-order valence-corrected chi connectivity index (χ0v) is 25.3. The van der Waals surface area contributed by atoms with Gasteiger partial charge < -0.3 is 35.1 Å². The summed E-state index contributed by atoms with van der Waals surface area (Å²) in [4.78, 5) is 26.1. The predicted molar refractivity (Wildman–Crippen MR) is 180 cm³/mol. The molecule has 0 aromatic heterocycles. The van der Waals surface area contributed by atoms with Gasteiger partial charge in [-0.25, -0.2) is 4.79 Å². The van der Waals surface area contributed by atoms with Crippen LogP contribution < -0.4 is 30.6 Å². The lowest BCUT2D eigenvalue weighted by Crippen LogP contribution is -2.31. The molecule has 10 heteroatoms. The number of para-hydroxylation sites is 3. The van der Waals surface area contributed by atoms with Crippen LogP contribution in [0.2, 0.25) is 0 Å². The van der Waals surface area contributed by atoms with Gasteiger partial charge in [-0.3, -0.25) is 10.1 Å². The van der Waals surface area contributed by atoms with E-state index in [1.807, 2.05) is 48.5 Å². The minimum absolute atomic E-state index is 0.0986. The molecule has 0 spiro atoms. The number of amides is 2. The summed E-state index contributed by atoms with van der Waals surface area (Å²) < 4.78 is 23.5. The first kappa shape index (κ1) is 30.8. The van der Waals surface area contributed by atoms with Gasteiger partial charge in [0.1, 0.15) is 17.6 Å². The topological polar surface area (TPSA) is 141 Å². The summed E-state index contributed by atoms with van der Waals surface area (Å²) in [6.45, 7) is 0.105. The number of nitrogen functional groups attached to an aromatic ring is 1. The summed E-state index contributed by atoms with van der Waals surface area (Å²) in [6.07, 6.45) is 1.59. The molecular formula is C37H33N3O7. The zero-order valence-electron chi connectivity index (χ0n) is 25.3. The third kappa shape index (κ3) is 7.56. The van der Waals surface area contributed by atoms with Gasteiger partial charge in [-0.1, -0.05) is 66.7 Å². The molecule has 0 saturated carbocycles. The molecule has 1 aliphatic rings. The van der Waals surface area contributed by atoms with Crippen molar-refractivity contribution < 1.29 is 33.6 Å². The normalized spacial score (nSPS) is 13.2. The number of carbonyl (C=O) groups excluding carboxylic acids is 2. The summed E-state index contributed by atoms with van der Waals surface area (Å²) >= 11 is 0. The number of anilines is 3. The predicted octanol–water partition coefficient (Wildman–Crippen LogP) is 7.57. The molecule has 2 amide bonds. The van der Waals surface area contributed by atoms with Crippen LogP contribution in [0.1, 0.15) is 24.5 Å². The van der Waals surface area contributed by atoms with Gasteiger partial charge in [-0.15, -0.1) is 0 Å². The number of ether oxygens (including phenoxy) is 4. The maximum absolute atomic E-state index is 13.5. The van der Waals surface area contributed by atoms with E-state index < -0.39 is 18.3 Å². The SMILES string of the molecule is Nc1ccccc1NC(=O)/C=C/CC[C@@H](Oc1ccccc1)[C@H](OC(=O)Nc1ccc2c(c1)OCO2)c1ccc(O)c2ccccc12. The van der Waals surface area contributed by atoms with Gasteiger partial charge in [0.25, 0.3) is 0 Å². The highest BCUT2D eigenvalue weighted by Gasteiger charge is 2.31. The van der Waals surface area contributed by atoms with Crippen molar-refractivity contribution in [3.63, 3.8) is 0 Å². The van der Waals surface area contributed by atoms with Gasteiger partial charge in [0.15, 0.2) is 17.6 Å². The first-order valence-corrected chi connectivity index (χ1v) is 15.1. The number of phenols is 1. The van der Waals surface area contributed by atoms with E-state index in [4.69, 9.17) is 24.7 Å². The van der Waals surface area contributed by atoms with E-state index in [0.717, 1.165) is 0 Å². The Balaban J connectivity index is 1.28. The van der Waals surface area contributed by atoms with Crippen LogP contribution in [0.4, 0.5) is 21.9 Å². The average Bonchev–Trinajstić information content (AvgIpc) is 3.55. The lowest BCUT2D eigenvalue weighted by molar-refractivity contribution is -0.111. The van der Waals surface area contributed by atoms with Crippen molar-refractivity contribution in [1.82, 2.24) is 0 Å². The number of aromatic hydroxyl groups is 1. The molecule has 0 saturated heterocycles. The molecule has 0 radical (unpaired) electrons. The standard InChI is InChI=1S/C37H33N3O7/c38-29-14-6-7-15-30(29)40-35(42)17-9-8-16-33(46-25-10-2-1-3-11-25)36(28-19-20-31(41)27-13-5-4-12-26(27)28)47-37(43)39-24-18-21-32-34(22-24)45-23-44-32/h1-7,9-15,17-22,33,36,41H,8,16,23,38H2,(H,39,43)(H,40,42)/b17-9+/t33-,36-/m1/s1. The maximum atomic E-state index is 13.5. The molecule has 5 aromatic carbocycles. The summed E-state index contributed by atoms with van der Waals surface area (Å²) in [7, 11) is 0. The average molecular weight is 632 g/mol. The number of nitrogens with one attached hydrogen (secondary N) is 2. The van der Waals surface area contributed by atoms with Gasteiger partial charge in [-0.05, 0) is 66.8 Å². The van der Waals surface area contributed by atoms with Crippen molar-refractivity contribution in [2.24, 2.45) is 0 Å². The highest BCUT2D eigenvalue weighted by Crippen LogP contribution is 2.38. The number of fused-ring (bicyclic) bond motifs is 2. The second kappa shape index (κ2) is 14.3. The van der Waals surface area contributed by atoms with Crippen LogP contribution in [0.25, 0.3) is 10.8 Å². The van der Waals surface area contributed by atoms with E-state index in [-0.39, 0.29) is 18.4 Å². The quantitative estimate of drug-likeness (QED) is 0.0864. The van der Waals surface area contributed by atoms with Crippen molar-refractivity contribution in [3.8, 4) is 23.0 Å². The second-order valence-corrected chi connectivity index (χ2v) is 10.8. The zero-order chi connectivity index (χ0) is 32.6. The van der Waals surface area contributed by atoms with Crippen molar-refractivity contribution in [2.45, 2.75) is 25.0 Å². The molecule has 47 heavy (non-hydrogen) atoms. The maximum Gasteiger partial charge on any atom is 0.412 e. The molecule has 0 bridgehead atoms. The van der Waals surface area contributed by atoms with Crippen LogP contribution in [0, 0.1) is 0 Å². The molecule has 5 aromatic rings. The van der Waals surface area contributed by atoms with Crippen molar-refractivity contribution >= 4 is 39.8 Å². The van der Waals surface area contributed by atoms with Gasteiger partial charge in [-0.2, -0.15) is 0 Å². The van der Waals surface area contributed by atoms with E-state index in [0.29, 0.717) is 63.5 Å². The molecule has 0 unspecified atom stereocenters. The Hall–Kier alpha value is -6.16. The van der Waals surface area contributed by atoms with E-state index in [2.05, 4.69) is 10.6 Å². The Kier molecular flexibility index (Phi) is 9.38. The van der Waals surface area contributed by atoms with E-state index in [9.17, 15) is 14.7 Å². The van der Waals surface area contributed by atoms with Gasteiger partial charge in [0.2, 0.25) is 12.7 Å². The lowest BCUT2D eigenvalue weighted by atomic mass is 9.94. The number of hydrogen-bond acceptors (Lipinski definition) is 8. The van der Waals surface area contributed by atoms with Gasteiger partial charge in [0, 0.05) is 22.7 Å². The molecule has 238 valence electrons. The molecule has 1 aliphatic heterocycles. The largest absolute Gasteiger partial charge is 0.507 e. The number of nitrogens with two attached hydrogens (primary N) is 1. The minimum Gasteiger partial charge on any atom is -0.507 e. The fourth-order valence-electron chi connectivity index (χ4n) is 5.31. The van der Waals surface area contributed by atoms with Crippen LogP contribution in [-0.2, 0) is 9.53 Å². The Morgan fingerprint density at radius 1 is 0.851 bits per heavy atom. The highest BCUT2D eigenvalue weighted by atomic mass is 16.7. The Bertz CT molecular complexity index is 1910. The number of rotatable bonds is 11. The lowest BCUT2D eigenvalue weighted by Gasteiger charge is -2.29. The van der Waals surface area contributed by atoms with Gasteiger partial charge >= 0.3 is 6.09 Å². The van der Waals surface area contributed by atoms with Crippen LogP contribution in [0.5, 0.6) is 23.0 Å². The van der Waals surface area contributed by atoms with Crippen molar-refractivity contribution in [2.75, 3.05) is 23.2 Å². The summed E-state index contributed by atoms with van der Waals surface area (Å²) in [6, 6.07) is 31.9. The molecule has 10 nitrogen and oxygen atoms in total. The summed E-state index contributed by atoms with van der Waals surface area (Å²) in [5, 5.41) is 17.5. The molecule has 0 aliphatic carbocycles. The molecule has 5 N–H and O–H groups in total. The third-order valence-electron chi connectivity index (χ3n) is 7.57. The van der Waals surface area contributed by atoms with Crippen molar-refractivity contribution in [1.29, 1.82) is 0 Å². The molecule has 0 fully saturated rings. The number of phenolic OH excluding ortho intramolecular Hbond substituents is 1. The van der Waals surface area contributed by atoms with Crippen LogP contribution in [0.3, 0.4) is 0 Å². The smallest absolute Gasteiger partial charge is 0.412 e. The highest BCUT2D eigenvalue weighted by molar-refractivity contribution is 6.01. The molecule has 6 rings (SSSR count). The molecule has 1 heterocycles. The number of benzene rings is 5. The second-order valence-electron chi connectivity index (χ2n) is 10.8. The Morgan fingerprint density at radius 3 is 2.43 bits per heavy atom. The number of allylic oxidation sites excluding steroid dienone is 1. The van der Waals surface area contributed by atoms with E-state index in [1.165, 1.54) is 6.08 Å². The third-order valence-corrected chi connectivity index (χ3v) is 7.57. The fourth-order valence-corrected chi connectivity index (χ4v) is 5.31. The van der Waals surface area contributed by atoms with Crippen LogP contribution in [0.15, 0.2) is 121 Å². The van der Waals surface area contributed by atoms with Crippen LogP contribution >= 0.6 is 0 Å². The summed E-state index contributed by atoms with van der Waals surface area (Å²) in [5.41, 5.74) is 8.04. The Morgan fingerprint density at radius 2 is 1.60 bits per heavy atom. The Labute approximate surface area is 271 Å². The number of hydrogen-bond donors (Lipinski definition) is 4. The molecular weight excluding hydrogens is 598 g/mol. The van der Waals surface area contributed by atoms with E-state index >= 15 is 0 Å². The fraction of sp³-hybridized carbons (Fsp3) is 0.135. The van der Waals surface area contributed by atoms with Crippen molar-refractivity contribution in [3.05, 3.63) is 127 Å². The van der Waals surface area contributed by atoms with Crippen LogP contribution in [-0.4, -0.2) is 30.0 Å². The number of carbonyl (C=O) groups is 2. The first-order valence-electron chi connectivity index (χ1n) is 15.1. The van der Waals surface area contributed by atoms with Gasteiger partial charge in [0.05, 0.1) is 11.4 Å². The molecule has 2 atom stereocenters. The monoisotopic (exact) mass is 631 g/mol. The van der Waals surface area contributed by atoms with E-state index in [1.54, 1.807) is 66.7 Å². The first-order chi connectivity index (χ1) is 22.9. The minimum atomic E-state index is -0.930. The summed E-state index contributed by atoms with van der Waals surface area (Å²) in [5.74, 6) is 1.44.